The lowest BCUT2D eigenvalue weighted by Crippen LogP contribution is -2.46. The van der Waals surface area contributed by atoms with Crippen molar-refractivity contribution in [2.45, 2.75) is 52.5 Å². The summed E-state index contributed by atoms with van der Waals surface area (Å²) < 4.78 is 5.74. The zero-order valence-corrected chi connectivity index (χ0v) is 16.6. The molecule has 1 amide bonds. The molecule has 5 heteroatoms. The lowest BCUT2D eigenvalue weighted by atomic mass is 10.0. The molecule has 1 aromatic carbocycles. The largest absolute Gasteiger partial charge is 0.494 e. The second-order valence-corrected chi connectivity index (χ2v) is 7.04. The van der Waals surface area contributed by atoms with Crippen LogP contribution in [0.4, 0.5) is 0 Å². The van der Waals surface area contributed by atoms with Gasteiger partial charge in [0.15, 0.2) is 0 Å². The average Bonchev–Trinajstić information content (AvgIpc) is 2.60. The van der Waals surface area contributed by atoms with E-state index in [1.54, 1.807) is 0 Å². The van der Waals surface area contributed by atoms with E-state index in [1.165, 1.54) is 0 Å². The smallest absolute Gasteiger partial charge is 0.254 e. The van der Waals surface area contributed by atoms with Crippen molar-refractivity contribution in [1.29, 1.82) is 0 Å². The van der Waals surface area contributed by atoms with Crippen LogP contribution in [-0.2, 0) is 0 Å². The first-order valence-corrected chi connectivity index (χ1v) is 9.36. The van der Waals surface area contributed by atoms with Crippen LogP contribution < -0.4 is 10.1 Å². The Morgan fingerprint density at radius 2 is 1.88 bits per heavy atom. The Labute approximate surface area is 158 Å². The Bertz CT molecular complexity index is 499. The number of carbonyl (C=O) groups excluding carboxylic acids is 1. The molecule has 142 valence electrons. The number of benzene rings is 1. The van der Waals surface area contributed by atoms with Gasteiger partial charge in [0.1, 0.15) is 5.75 Å². The normalized spacial score (nSPS) is 14.9. The molecule has 2 rings (SSSR count). The van der Waals surface area contributed by atoms with Crippen molar-refractivity contribution in [3.05, 3.63) is 29.8 Å². The molecule has 0 aromatic heterocycles. The first kappa shape index (κ1) is 21.8. The Kier molecular flexibility index (Phi) is 9.91. The van der Waals surface area contributed by atoms with Gasteiger partial charge < -0.3 is 15.0 Å². The van der Waals surface area contributed by atoms with Crippen molar-refractivity contribution in [1.82, 2.24) is 10.2 Å². The fourth-order valence-corrected chi connectivity index (χ4v) is 3.08. The van der Waals surface area contributed by atoms with Crippen molar-refractivity contribution < 1.29 is 9.53 Å². The number of carbonyl (C=O) groups is 1. The van der Waals surface area contributed by atoms with Gasteiger partial charge in [-0.05, 0) is 69.0 Å². The summed E-state index contributed by atoms with van der Waals surface area (Å²) in [5, 5.41) is 3.37. The molecule has 1 N–H and O–H groups in total. The number of ether oxygens (including phenoxy) is 1. The van der Waals surface area contributed by atoms with Gasteiger partial charge in [-0.3, -0.25) is 4.79 Å². The number of nitrogens with one attached hydrogen (secondary N) is 1. The van der Waals surface area contributed by atoms with Gasteiger partial charge in [-0.15, -0.1) is 12.4 Å². The molecule has 1 aliphatic heterocycles. The van der Waals surface area contributed by atoms with Crippen LogP contribution in [-0.4, -0.2) is 43.1 Å². The molecule has 1 saturated heterocycles. The first-order valence-electron chi connectivity index (χ1n) is 9.36. The summed E-state index contributed by atoms with van der Waals surface area (Å²) in [6.07, 6.45) is 4.12. The Balaban J connectivity index is 0.00000312. The minimum Gasteiger partial charge on any atom is -0.494 e. The topological polar surface area (TPSA) is 41.6 Å². The molecular weight excluding hydrogens is 336 g/mol. The van der Waals surface area contributed by atoms with E-state index in [0.29, 0.717) is 12.0 Å². The fraction of sp³-hybridized carbons (Fsp3) is 0.650. The van der Waals surface area contributed by atoms with Crippen molar-refractivity contribution in [2.24, 2.45) is 5.92 Å². The highest BCUT2D eigenvalue weighted by molar-refractivity contribution is 5.94. The molecule has 0 atom stereocenters. The molecule has 0 aliphatic carbocycles. The van der Waals surface area contributed by atoms with Crippen LogP contribution in [0.15, 0.2) is 24.3 Å². The van der Waals surface area contributed by atoms with E-state index < -0.39 is 0 Å². The van der Waals surface area contributed by atoms with Gasteiger partial charge in [-0.1, -0.05) is 20.8 Å². The maximum absolute atomic E-state index is 12.9. The molecule has 1 fully saturated rings. The Morgan fingerprint density at radius 3 is 2.44 bits per heavy atom. The summed E-state index contributed by atoms with van der Waals surface area (Å²) in [5.74, 6) is 1.63. The van der Waals surface area contributed by atoms with Crippen molar-refractivity contribution >= 4 is 18.3 Å². The maximum Gasteiger partial charge on any atom is 0.254 e. The second-order valence-electron chi connectivity index (χ2n) is 7.04. The van der Waals surface area contributed by atoms with Crippen molar-refractivity contribution in [3.8, 4) is 5.75 Å². The van der Waals surface area contributed by atoms with E-state index in [-0.39, 0.29) is 18.3 Å². The van der Waals surface area contributed by atoms with Crippen molar-refractivity contribution in [3.63, 3.8) is 0 Å². The molecular formula is C20H33ClN2O2. The van der Waals surface area contributed by atoms with Gasteiger partial charge >= 0.3 is 0 Å². The maximum atomic E-state index is 12.9. The van der Waals surface area contributed by atoms with Crippen molar-refractivity contribution in [2.75, 3.05) is 26.2 Å². The van der Waals surface area contributed by atoms with Gasteiger partial charge in [-0.25, -0.2) is 0 Å². The summed E-state index contributed by atoms with van der Waals surface area (Å²) in [4.78, 5) is 15.0. The molecule has 1 aromatic rings. The number of hydrogen-bond donors (Lipinski definition) is 1. The van der Waals surface area contributed by atoms with E-state index >= 15 is 0 Å². The Hall–Kier alpha value is -1.26. The second kappa shape index (κ2) is 11.4. The Morgan fingerprint density at radius 1 is 1.24 bits per heavy atom. The molecule has 0 radical (unpaired) electrons. The summed E-state index contributed by atoms with van der Waals surface area (Å²) in [5.41, 5.74) is 0.762. The van der Waals surface area contributed by atoms with Gasteiger partial charge in [0.25, 0.3) is 5.91 Å². The van der Waals surface area contributed by atoms with E-state index in [4.69, 9.17) is 4.74 Å². The summed E-state index contributed by atoms with van der Waals surface area (Å²) >= 11 is 0. The number of piperidine rings is 1. The highest BCUT2D eigenvalue weighted by Gasteiger charge is 2.25. The molecule has 1 aliphatic rings. The number of hydrogen-bond acceptors (Lipinski definition) is 3. The highest BCUT2D eigenvalue weighted by atomic mass is 35.5. The van der Waals surface area contributed by atoms with Crippen LogP contribution in [0.2, 0.25) is 0 Å². The minimum absolute atomic E-state index is 0. The van der Waals surface area contributed by atoms with E-state index in [9.17, 15) is 4.79 Å². The molecule has 0 saturated carbocycles. The average molecular weight is 369 g/mol. The SMILES string of the molecule is CCCN(C(=O)c1ccc(OCCC(C)C)cc1)C1CCNCC1.Cl. The monoisotopic (exact) mass is 368 g/mol. The molecule has 25 heavy (non-hydrogen) atoms. The zero-order valence-electron chi connectivity index (χ0n) is 15.8. The van der Waals surface area contributed by atoms with Crippen LogP contribution in [0, 0.1) is 5.92 Å². The summed E-state index contributed by atoms with van der Waals surface area (Å²) in [6.45, 7) is 10.1. The highest BCUT2D eigenvalue weighted by Crippen LogP contribution is 2.19. The number of rotatable bonds is 8. The van der Waals surface area contributed by atoms with Crippen LogP contribution in [0.25, 0.3) is 0 Å². The molecule has 0 spiro atoms. The molecule has 4 nitrogen and oxygen atoms in total. The lowest BCUT2D eigenvalue weighted by molar-refractivity contribution is 0.0642. The van der Waals surface area contributed by atoms with E-state index in [0.717, 1.165) is 63.2 Å². The van der Waals surface area contributed by atoms with E-state index in [2.05, 4.69) is 31.0 Å². The number of amides is 1. The zero-order chi connectivity index (χ0) is 17.4. The molecule has 0 bridgehead atoms. The number of nitrogens with zero attached hydrogens (tertiary/aromatic N) is 1. The van der Waals surface area contributed by atoms with Crippen LogP contribution in [0.5, 0.6) is 5.75 Å². The lowest BCUT2D eigenvalue weighted by Gasteiger charge is -2.34. The fourth-order valence-electron chi connectivity index (χ4n) is 3.08. The van der Waals surface area contributed by atoms with Gasteiger partial charge in [0, 0.05) is 18.2 Å². The number of halogens is 1. The molecule has 0 unspecified atom stereocenters. The predicted octanol–water partition coefficient (Wildman–Crippen LogP) is 4.14. The van der Waals surface area contributed by atoms with Crippen LogP contribution in [0.1, 0.15) is 56.8 Å². The van der Waals surface area contributed by atoms with Crippen LogP contribution >= 0.6 is 12.4 Å². The van der Waals surface area contributed by atoms with Gasteiger partial charge in [0.05, 0.1) is 6.61 Å². The third-order valence-corrected chi connectivity index (χ3v) is 4.54. The predicted molar refractivity (Wildman–Crippen MR) is 106 cm³/mol. The van der Waals surface area contributed by atoms with E-state index in [1.807, 2.05) is 24.3 Å². The van der Waals surface area contributed by atoms with Crippen LogP contribution in [0.3, 0.4) is 0 Å². The third-order valence-electron chi connectivity index (χ3n) is 4.54. The summed E-state index contributed by atoms with van der Waals surface area (Å²) in [6, 6.07) is 7.99. The quantitative estimate of drug-likeness (QED) is 0.749. The summed E-state index contributed by atoms with van der Waals surface area (Å²) in [7, 11) is 0. The van der Waals surface area contributed by atoms with Gasteiger partial charge in [-0.2, -0.15) is 0 Å². The minimum atomic E-state index is 0. The molecule has 1 heterocycles. The van der Waals surface area contributed by atoms with Gasteiger partial charge in [0.2, 0.25) is 0 Å². The standard InChI is InChI=1S/C20H32N2O2.ClH/c1-4-14-22(18-9-12-21-13-10-18)20(23)17-5-7-19(8-6-17)24-15-11-16(2)3;/h5-8,16,18,21H,4,9-15H2,1-3H3;1H. The first-order chi connectivity index (χ1) is 11.6. The third kappa shape index (κ3) is 6.87.